The van der Waals surface area contributed by atoms with E-state index in [1.165, 1.54) is 24.3 Å². The summed E-state index contributed by atoms with van der Waals surface area (Å²) in [6.07, 6.45) is 1.49. The first kappa shape index (κ1) is 19.4. The smallest absolute Gasteiger partial charge is 0.294 e. The van der Waals surface area contributed by atoms with E-state index < -0.39 is 29.4 Å². The number of rotatable bonds is 4. The second-order valence-corrected chi connectivity index (χ2v) is 7.28. The van der Waals surface area contributed by atoms with E-state index in [2.05, 4.69) is 5.32 Å². The van der Waals surface area contributed by atoms with Crippen molar-refractivity contribution in [3.63, 3.8) is 0 Å². The van der Waals surface area contributed by atoms with Gasteiger partial charge in [-0.25, -0.2) is 4.39 Å². The van der Waals surface area contributed by atoms with E-state index in [0.29, 0.717) is 27.4 Å². The lowest BCUT2D eigenvalue weighted by Gasteiger charge is -2.12. The number of hydrogen-bond acceptors (Lipinski definition) is 4. The molecule has 5 nitrogen and oxygen atoms in total. The Labute approximate surface area is 168 Å². The summed E-state index contributed by atoms with van der Waals surface area (Å²) in [4.78, 5) is 37.5. The first-order valence-electron chi connectivity index (χ1n) is 7.60. The number of nitrogens with one attached hydrogen (secondary N) is 1. The molecule has 1 aliphatic rings. The molecule has 0 aliphatic carbocycles. The first-order chi connectivity index (χ1) is 12.8. The van der Waals surface area contributed by atoms with Crippen molar-refractivity contribution in [2.75, 3.05) is 11.9 Å². The van der Waals surface area contributed by atoms with Gasteiger partial charge in [-0.05, 0) is 47.7 Å². The molecule has 3 rings (SSSR count). The fourth-order valence-corrected chi connectivity index (χ4v) is 3.43. The summed E-state index contributed by atoms with van der Waals surface area (Å²) in [6, 6.07) is 10.4. The van der Waals surface area contributed by atoms with Crippen LogP contribution in [0.15, 0.2) is 47.4 Å². The van der Waals surface area contributed by atoms with Gasteiger partial charge >= 0.3 is 0 Å². The molecule has 138 valence electrons. The van der Waals surface area contributed by atoms with Crippen molar-refractivity contribution in [3.8, 4) is 0 Å². The molecule has 0 unspecified atom stereocenters. The van der Waals surface area contributed by atoms with Gasteiger partial charge in [-0.15, -0.1) is 0 Å². The zero-order valence-electron chi connectivity index (χ0n) is 13.5. The zero-order chi connectivity index (χ0) is 19.6. The summed E-state index contributed by atoms with van der Waals surface area (Å²) in [6.45, 7) is -0.516. The summed E-state index contributed by atoms with van der Waals surface area (Å²) < 4.78 is 13.6. The number of benzene rings is 2. The van der Waals surface area contributed by atoms with Crippen molar-refractivity contribution in [2.45, 2.75) is 0 Å². The predicted octanol–water partition coefficient (Wildman–Crippen LogP) is 4.81. The van der Waals surface area contributed by atoms with Crippen LogP contribution in [0, 0.1) is 5.82 Å². The summed E-state index contributed by atoms with van der Waals surface area (Å²) in [7, 11) is 0. The Hall–Kier alpha value is -2.35. The van der Waals surface area contributed by atoms with E-state index in [9.17, 15) is 18.8 Å². The van der Waals surface area contributed by atoms with E-state index in [0.717, 1.165) is 4.90 Å². The lowest BCUT2D eigenvalue weighted by atomic mass is 10.2. The van der Waals surface area contributed by atoms with Crippen LogP contribution < -0.4 is 5.32 Å². The van der Waals surface area contributed by atoms with Gasteiger partial charge in [0, 0.05) is 0 Å². The molecule has 0 radical (unpaired) electrons. The van der Waals surface area contributed by atoms with Crippen LogP contribution in [0.4, 0.5) is 14.9 Å². The molecule has 1 fully saturated rings. The fourth-order valence-electron chi connectivity index (χ4n) is 2.29. The Morgan fingerprint density at radius 2 is 1.89 bits per heavy atom. The van der Waals surface area contributed by atoms with Crippen molar-refractivity contribution >= 4 is 63.8 Å². The fraction of sp³-hybridized carbons (Fsp3) is 0.0556. The highest BCUT2D eigenvalue weighted by Crippen LogP contribution is 2.33. The van der Waals surface area contributed by atoms with Crippen LogP contribution in [0.3, 0.4) is 0 Å². The number of imide groups is 1. The average Bonchev–Trinajstić information content (AvgIpc) is 2.88. The SMILES string of the molecule is O=C(CN1C(=O)S/C(=C\c2ccc(Cl)c(Cl)c2)C1=O)Nc1ccccc1F. The van der Waals surface area contributed by atoms with Crippen molar-refractivity contribution < 1.29 is 18.8 Å². The van der Waals surface area contributed by atoms with Crippen LogP contribution in [-0.2, 0) is 9.59 Å². The molecular weight excluding hydrogens is 414 g/mol. The van der Waals surface area contributed by atoms with Gasteiger partial charge in [0.05, 0.1) is 20.6 Å². The summed E-state index contributed by atoms with van der Waals surface area (Å²) in [5.74, 6) is -1.91. The third-order valence-corrected chi connectivity index (χ3v) is 5.21. The van der Waals surface area contributed by atoms with Crippen molar-refractivity contribution in [3.05, 3.63) is 68.8 Å². The molecule has 0 bridgehead atoms. The van der Waals surface area contributed by atoms with Crippen LogP contribution in [0.1, 0.15) is 5.56 Å². The van der Waals surface area contributed by atoms with Crippen LogP contribution in [0.25, 0.3) is 6.08 Å². The molecule has 0 saturated carbocycles. The average molecular weight is 425 g/mol. The van der Waals surface area contributed by atoms with E-state index in [-0.39, 0.29) is 10.6 Å². The van der Waals surface area contributed by atoms with Crippen LogP contribution >= 0.6 is 35.0 Å². The highest BCUT2D eigenvalue weighted by atomic mass is 35.5. The molecule has 2 aromatic carbocycles. The number of thioether (sulfide) groups is 1. The zero-order valence-corrected chi connectivity index (χ0v) is 15.9. The second-order valence-electron chi connectivity index (χ2n) is 5.47. The Bertz CT molecular complexity index is 981. The maximum atomic E-state index is 13.6. The van der Waals surface area contributed by atoms with Gasteiger partial charge in [0.15, 0.2) is 0 Å². The second kappa shape index (κ2) is 8.12. The minimum atomic E-state index is -0.682. The summed E-state index contributed by atoms with van der Waals surface area (Å²) >= 11 is 12.5. The largest absolute Gasteiger partial charge is 0.322 e. The molecule has 0 aromatic heterocycles. The molecule has 0 atom stereocenters. The van der Waals surface area contributed by atoms with Gasteiger partial charge in [0.25, 0.3) is 11.1 Å². The van der Waals surface area contributed by atoms with Crippen molar-refractivity contribution in [1.82, 2.24) is 4.90 Å². The van der Waals surface area contributed by atoms with Gasteiger partial charge in [-0.1, -0.05) is 41.4 Å². The van der Waals surface area contributed by atoms with E-state index >= 15 is 0 Å². The molecule has 1 saturated heterocycles. The Balaban J connectivity index is 1.72. The van der Waals surface area contributed by atoms with Gasteiger partial charge in [0.1, 0.15) is 12.4 Å². The normalized spacial score (nSPS) is 15.5. The summed E-state index contributed by atoms with van der Waals surface area (Å²) in [5, 5.41) is 2.43. The number of hydrogen-bond donors (Lipinski definition) is 1. The number of halogens is 3. The number of carbonyl (C=O) groups excluding carboxylic acids is 3. The molecular formula is C18H11Cl2FN2O3S. The molecule has 2 aromatic rings. The highest BCUT2D eigenvalue weighted by molar-refractivity contribution is 8.18. The molecule has 0 spiro atoms. The third-order valence-electron chi connectivity index (χ3n) is 3.56. The third kappa shape index (κ3) is 4.50. The van der Waals surface area contributed by atoms with Crippen molar-refractivity contribution in [1.29, 1.82) is 0 Å². The standard InChI is InChI=1S/C18H11Cl2FN2O3S/c19-11-6-5-10(7-12(11)20)8-15-17(25)23(18(26)27-15)9-16(24)22-14-4-2-1-3-13(14)21/h1-8H,9H2,(H,22,24)/b15-8-. The van der Waals surface area contributed by atoms with E-state index in [1.54, 1.807) is 24.3 Å². The maximum Gasteiger partial charge on any atom is 0.294 e. The van der Waals surface area contributed by atoms with E-state index in [4.69, 9.17) is 23.2 Å². The number of carbonyl (C=O) groups is 3. The molecule has 1 N–H and O–H groups in total. The molecule has 27 heavy (non-hydrogen) atoms. The Morgan fingerprint density at radius 3 is 2.59 bits per heavy atom. The van der Waals surface area contributed by atoms with Gasteiger partial charge in [-0.3, -0.25) is 19.3 Å². The highest BCUT2D eigenvalue weighted by Gasteiger charge is 2.36. The molecule has 1 heterocycles. The maximum absolute atomic E-state index is 13.6. The van der Waals surface area contributed by atoms with Crippen molar-refractivity contribution in [2.24, 2.45) is 0 Å². The first-order valence-corrected chi connectivity index (χ1v) is 9.17. The minimum absolute atomic E-state index is 0.0270. The lowest BCUT2D eigenvalue weighted by Crippen LogP contribution is -2.36. The van der Waals surface area contributed by atoms with Crippen LogP contribution in [0.2, 0.25) is 10.0 Å². The van der Waals surface area contributed by atoms with Gasteiger partial charge < -0.3 is 5.32 Å². The quantitative estimate of drug-likeness (QED) is 0.715. The molecule has 9 heteroatoms. The topological polar surface area (TPSA) is 66.5 Å². The predicted molar refractivity (Wildman–Crippen MR) is 104 cm³/mol. The van der Waals surface area contributed by atoms with Crippen LogP contribution in [-0.4, -0.2) is 28.5 Å². The Kier molecular flexibility index (Phi) is 5.84. The lowest BCUT2D eigenvalue weighted by molar-refractivity contribution is -0.127. The summed E-state index contributed by atoms with van der Waals surface area (Å²) in [5.41, 5.74) is 0.562. The monoisotopic (exact) mass is 424 g/mol. The minimum Gasteiger partial charge on any atom is -0.322 e. The number of amides is 3. The molecule has 1 aliphatic heterocycles. The number of anilines is 1. The van der Waals surface area contributed by atoms with E-state index in [1.807, 2.05) is 0 Å². The number of para-hydroxylation sites is 1. The Morgan fingerprint density at radius 1 is 1.15 bits per heavy atom. The van der Waals surface area contributed by atoms with Gasteiger partial charge in [-0.2, -0.15) is 0 Å². The van der Waals surface area contributed by atoms with Crippen LogP contribution in [0.5, 0.6) is 0 Å². The number of nitrogens with zero attached hydrogens (tertiary/aromatic N) is 1. The molecule has 3 amide bonds. The van der Waals surface area contributed by atoms with Gasteiger partial charge in [0.2, 0.25) is 5.91 Å².